The van der Waals surface area contributed by atoms with Gasteiger partial charge in [-0.1, -0.05) is 45.4 Å². The molecule has 28 heavy (non-hydrogen) atoms. The number of piperidine rings is 1. The maximum atomic E-state index is 12.7. The average molecular weight is 383 g/mol. The summed E-state index contributed by atoms with van der Waals surface area (Å²) in [5.41, 5.74) is 7.13. The third-order valence-electron chi connectivity index (χ3n) is 5.03. The summed E-state index contributed by atoms with van der Waals surface area (Å²) in [6.07, 6.45) is 2.63. The Morgan fingerprint density at radius 3 is 2.57 bits per heavy atom. The quantitative estimate of drug-likeness (QED) is 0.829. The third kappa shape index (κ3) is 4.59. The van der Waals surface area contributed by atoms with E-state index in [1.54, 1.807) is 4.68 Å². The number of benzene rings is 1. The number of nitrogens with one attached hydrogen (secondary N) is 1. The van der Waals surface area contributed by atoms with Crippen molar-refractivity contribution in [3.05, 3.63) is 42.1 Å². The summed E-state index contributed by atoms with van der Waals surface area (Å²) < 4.78 is 1.75. The summed E-state index contributed by atoms with van der Waals surface area (Å²) in [5, 5.41) is 7.69. The van der Waals surface area contributed by atoms with Crippen LogP contribution in [0.4, 0.5) is 5.82 Å². The molecular formula is C21H29N5O2. The van der Waals surface area contributed by atoms with Gasteiger partial charge in [-0.05, 0) is 31.5 Å². The molecule has 2 amide bonds. The molecule has 150 valence electrons. The predicted octanol–water partition coefficient (Wildman–Crippen LogP) is 2.45. The molecule has 7 heteroatoms. The normalized spacial score (nSPS) is 18.0. The van der Waals surface area contributed by atoms with Crippen LogP contribution < -0.4 is 11.1 Å². The van der Waals surface area contributed by atoms with Gasteiger partial charge in [0.1, 0.15) is 5.82 Å². The second-order valence-corrected chi connectivity index (χ2v) is 8.34. The average Bonchev–Trinajstić information content (AvgIpc) is 3.06. The molecule has 1 saturated heterocycles. The fourth-order valence-corrected chi connectivity index (χ4v) is 3.47. The van der Waals surface area contributed by atoms with Gasteiger partial charge in [-0.3, -0.25) is 14.5 Å². The van der Waals surface area contributed by atoms with Gasteiger partial charge in [-0.15, -0.1) is 0 Å². The summed E-state index contributed by atoms with van der Waals surface area (Å²) in [4.78, 5) is 26.3. The molecule has 2 heterocycles. The molecule has 0 spiro atoms. The van der Waals surface area contributed by atoms with E-state index >= 15 is 0 Å². The molecule has 0 bridgehead atoms. The first-order valence-electron chi connectivity index (χ1n) is 9.75. The Morgan fingerprint density at radius 1 is 1.21 bits per heavy atom. The Kier molecular flexibility index (Phi) is 5.84. The van der Waals surface area contributed by atoms with Crippen molar-refractivity contribution in [1.29, 1.82) is 0 Å². The number of primary amides is 1. The van der Waals surface area contributed by atoms with E-state index in [0.717, 1.165) is 24.2 Å². The smallest absolute Gasteiger partial charge is 0.239 e. The van der Waals surface area contributed by atoms with Gasteiger partial charge in [0.05, 0.1) is 24.0 Å². The van der Waals surface area contributed by atoms with Crippen molar-refractivity contribution in [3.63, 3.8) is 0 Å². The number of aromatic nitrogens is 2. The van der Waals surface area contributed by atoms with Gasteiger partial charge in [0.15, 0.2) is 0 Å². The van der Waals surface area contributed by atoms with Crippen molar-refractivity contribution < 1.29 is 9.59 Å². The zero-order chi connectivity index (χ0) is 20.3. The van der Waals surface area contributed by atoms with Gasteiger partial charge >= 0.3 is 0 Å². The first-order chi connectivity index (χ1) is 13.3. The van der Waals surface area contributed by atoms with Gasteiger partial charge in [-0.2, -0.15) is 5.10 Å². The summed E-state index contributed by atoms with van der Waals surface area (Å²) in [6, 6.07) is 11.2. The lowest BCUT2D eigenvalue weighted by Gasteiger charge is -2.32. The Morgan fingerprint density at radius 2 is 1.93 bits per heavy atom. The molecule has 1 aromatic heterocycles. The Balaban J connectivity index is 1.81. The summed E-state index contributed by atoms with van der Waals surface area (Å²) in [5.74, 6) is 0.0799. The number of carbonyl (C=O) groups excluding carboxylic acids is 2. The zero-order valence-corrected chi connectivity index (χ0v) is 16.8. The number of likely N-dealkylation sites (tertiary alicyclic amines) is 1. The van der Waals surface area contributed by atoms with Crippen LogP contribution in [0.25, 0.3) is 5.69 Å². The first-order valence-corrected chi connectivity index (χ1v) is 9.75. The van der Waals surface area contributed by atoms with Crippen LogP contribution in [0.1, 0.15) is 45.7 Å². The molecule has 7 nitrogen and oxygen atoms in total. The summed E-state index contributed by atoms with van der Waals surface area (Å²) in [7, 11) is 0. The molecule has 2 aromatic rings. The molecule has 1 aliphatic rings. The van der Waals surface area contributed by atoms with Crippen LogP contribution in [0.2, 0.25) is 0 Å². The minimum Gasteiger partial charge on any atom is -0.368 e. The highest BCUT2D eigenvalue weighted by atomic mass is 16.2. The number of amides is 2. The van der Waals surface area contributed by atoms with Crippen molar-refractivity contribution in [2.45, 2.75) is 51.5 Å². The van der Waals surface area contributed by atoms with Crippen LogP contribution in [0, 0.1) is 0 Å². The Labute approximate surface area is 165 Å². The van der Waals surface area contributed by atoms with Crippen molar-refractivity contribution in [3.8, 4) is 5.69 Å². The van der Waals surface area contributed by atoms with Crippen molar-refractivity contribution >= 4 is 17.6 Å². The molecule has 0 saturated carbocycles. The fourth-order valence-electron chi connectivity index (χ4n) is 3.47. The number of hydrogen-bond donors (Lipinski definition) is 2. The minimum atomic E-state index is -0.372. The maximum absolute atomic E-state index is 12.7. The van der Waals surface area contributed by atoms with Crippen LogP contribution in [-0.4, -0.2) is 45.6 Å². The van der Waals surface area contributed by atoms with Gasteiger partial charge in [-0.25, -0.2) is 4.68 Å². The number of para-hydroxylation sites is 1. The number of nitrogens with zero attached hydrogens (tertiary/aromatic N) is 3. The monoisotopic (exact) mass is 383 g/mol. The van der Waals surface area contributed by atoms with Crippen molar-refractivity contribution in [2.75, 3.05) is 18.4 Å². The molecule has 0 unspecified atom stereocenters. The molecule has 1 aliphatic heterocycles. The van der Waals surface area contributed by atoms with Crippen LogP contribution in [0.5, 0.6) is 0 Å². The van der Waals surface area contributed by atoms with E-state index < -0.39 is 0 Å². The van der Waals surface area contributed by atoms with Crippen LogP contribution >= 0.6 is 0 Å². The fraction of sp³-hybridized carbons (Fsp3) is 0.476. The van der Waals surface area contributed by atoms with E-state index in [1.165, 1.54) is 0 Å². The van der Waals surface area contributed by atoms with Gasteiger partial charge in [0, 0.05) is 11.5 Å². The van der Waals surface area contributed by atoms with Crippen LogP contribution in [0.15, 0.2) is 36.4 Å². The number of rotatable bonds is 5. The third-order valence-corrected chi connectivity index (χ3v) is 5.03. The van der Waals surface area contributed by atoms with E-state index in [4.69, 9.17) is 10.8 Å². The molecule has 0 radical (unpaired) electrons. The van der Waals surface area contributed by atoms with E-state index in [-0.39, 0.29) is 29.8 Å². The number of carbonyl (C=O) groups is 2. The lowest BCUT2D eigenvalue weighted by molar-refractivity contribution is -0.126. The number of hydrogen-bond acceptors (Lipinski definition) is 4. The minimum absolute atomic E-state index is 0.137. The second-order valence-electron chi connectivity index (χ2n) is 8.34. The lowest BCUT2D eigenvalue weighted by Crippen LogP contribution is -2.50. The summed E-state index contributed by atoms with van der Waals surface area (Å²) in [6.45, 7) is 7.09. The zero-order valence-electron chi connectivity index (χ0n) is 16.8. The molecule has 1 aromatic carbocycles. The molecule has 3 N–H and O–H groups in total. The highest BCUT2D eigenvalue weighted by Crippen LogP contribution is 2.26. The van der Waals surface area contributed by atoms with Gasteiger partial charge in [0.25, 0.3) is 0 Å². The summed E-state index contributed by atoms with van der Waals surface area (Å²) >= 11 is 0. The highest BCUT2D eigenvalue weighted by Gasteiger charge is 2.29. The Hall–Kier alpha value is -2.67. The van der Waals surface area contributed by atoms with E-state index in [9.17, 15) is 9.59 Å². The first kappa shape index (κ1) is 20.1. The Bertz CT molecular complexity index is 838. The number of anilines is 1. The van der Waals surface area contributed by atoms with E-state index in [0.29, 0.717) is 18.8 Å². The van der Waals surface area contributed by atoms with Gasteiger partial charge < -0.3 is 11.1 Å². The highest BCUT2D eigenvalue weighted by molar-refractivity contribution is 5.92. The maximum Gasteiger partial charge on any atom is 0.239 e. The standard InChI is InChI=1S/C21H29N5O2/c1-21(2,3)17-13-18(26(24-17)15-9-5-4-6-10-15)23-19(27)14-25-12-8-7-11-16(25)20(22)28/h4-6,9-10,13,16H,7-8,11-12,14H2,1-3H3,(H2,22,28)(H,23,27)/t16-/m0/s1. The van der Waals surface area contributed by atoms with Crippen molar-refractivity contribution in [2.24, 2.45) is 5.73 Å². The molecule has 1 atom stereocenters. The second kappa shape index (κ2) is 8.14. The van der Waals surface area contributed by atoms with E-state index in [2.05, 4.69) is 26.1 Å². The van der Waals surface area contributed by atoms with Crippen LogP contribution in [-0.2, 0) is 15.0 Å². The molecule has 3 rings (SSSR count). The lowest BCUT2D eigenvalue weighted by atomic mass is 9.92. The molecule has 1 fully saturated rings. The topological polar surface area (TPSA) is 93.3 Å². The SMILES string of the molecule is CC(C)(C)c1cc(NC(=O)CN2CCCC[C@H]2C(N)=O)n(-c2ccccc2)n1. The molecule has 0 aliphatic carbocycles. The van der Waals surface area contributed by atoms with Gasteiger partial charge in [0.2, 0.25) is 11.8 Å². The van der Waals surface area contributed by atoms with Crippen LogP contribution in [0.3, 0.4) is 0 Å². The predicted molar refractivity (Wildman–Crippen MR) is 109 cm³/mol. The van der Waals surface area contributed by atoms with E-state index in [1.807, 2.05) is 41.3 Å². The molecular weight excluding hydrogens is 354 g/mol. The number of nitrogens with two attached hydrogens (primary N) is 1. The largest absolute Gasteiger partial charge is 0.368 e. The van der Waals surface area contributed by atoms with Crippen molar-refractivity contribution in [1.82, 2.24) is 14.7 Å².